The first-order valence-corrected chi connectivity index (χ1v) is 11.1. The number of ether oxygens (including phenoxy) is 1. The maximum Gasteiger partial charge on any atom is 0.496 e. The molecule has 3 heterocycles. The molecular formula is C22H27BClF4N3O3. The average molecular weight is 504 g/mol. The molecule has 2 aliphatic heterocycles. The molecule has 0 aliphatic carbocycles. The summed E-state index contributed by atoms with van der Waals surface area (Å²) >= 11 is 6.13. The fourth-order valence-electron chi connectivity index (χ4n) is 3.56. The molecule has 0 bridgehead atoms. The molecule has 2 N–H and O–H groups in total. The van der Waals surface area contributed by atoms with Crippen LogP contribution in [0.3, 0.4) is 0 Å². The Balaban J connectivity index is 1.71. The molecule has 1 unspecified atom stereocenters. The van der Waals surface area contributed by atoms with Gasteiger partial charge in [0.15, 0.2) is 11.9 Å². The van der Waals surface area contributed by atoms with Gasteiger partial charge in [-0.25, -0.2) is 15.2 Å². The smallest absolute Gasteiger partial charge is 0.463 e. The van der Waals surface area contributed by atoms with Crippen LogP contribution in [-0.4, -0.2) is 40.6 Å². The highest BCUT2D eigenvalue weighted by Crippen LogP contribution is 2.41. The molecule has 2 aliphatic rings. The first-order chi connectivity index (χ1) is 15.6. The van der Waals surface area contributed by atoms with Crippen molar-refractivity contribution < 1.29 is 31.6 Å². The van der Waals surface area contributed by atoms with Gasteiger partial charge in [-0.15, -0.1) is 0 Å². The van der Waals surface area contributed by atoms with Gasteiger partial charge in [0.25, 0.3) is 5.88 Å². The quantitative estimate of drug-likeness (QED) is 0.344. The van der Waals surface area contributed by atoms with Gasteiger partial charge in [0.1, 0.15) is 0 Å². The summed E-state index contributed by atoms with van der Waals surface area (Å²) in [5, 5.41) is 2.11. The Labute approximate surface area is 201 Å². The molecule has 0 spiro atoms. The van der Waals surface area contributed by atoms with E-state index in [2.05, 4.69) is 9.72 Å². The molecule has 0 saturated carbocycles. The van der Waals surface area contributed by atoms with Gasteiger partial charge in [-0.05, 0) is 65.7 Å². The van der Waals surface area contributed by atoms with E-state index in [9.17, 15) is 17.6 Å². The maximum atomic E-state index is 14.4. The standard InChI is InChI=1S/C22H27BClF4N3O3/c1-13-9-16(24)11-17(31(13)29)7-6-8-21(5)20(3,4)33-23(34-21)15-10-18(25)19(30-12-15)32-14(2)22(26,27)28/h7,9-12,14H,6,8,29H2,1-5H3/b17-7-/t14-,21?/m0/s1. The minimum Gasteiger partial charge on any atom is -0.463 e. The minimum absolute atomic E-state index is 0.232. The Morgan fingerprint density at radius 3 is 2.59 bits per heavy atom. The molecule has 6 nitrogen and oxygen atoms in total. The SMILES string of the molecule is CC1=CC(Cl)=C/C(=C/CCC2(C)OB(c3cnc(O[C@@H](C)C(F)(F)F)c(F)c3)OC2(C)C)N1N. The van der Waals surface area contributed by atoms with Crippen LogP contribution in [0.15, 0.2) is 46.9 Å². The van der Waals surface area contributed by atoms with Crippen LogP contribution in [0.25, 0.3) is 0 Å². The maximum absolute atomic E-state index is 14.4. The summed E-state index contributed by atoms with van der Waals surface area (Å²) in [6.07, 6.45) is 0.930. The van der Waals surface area contributed by atoms with E-state index >= 15 is 0 Å². The van der Waals surface area contributed by atoms with Crippen LogP contribution in [0.4, 0.5) is 17.6 Å². The van der Waals surface area contributed by atoms with E-state index in [-0.39, 0.29) is 5.46 Å². The number of alkyl halides is 3. The molecule has 2 atom stereocenters. The lowest BCUT2D eigenvalue weighted by Crippen LogP contribution is -2.44. The van der Waals surface area contributed by atoms with Crippen molar-refractivity contribution in [3.63, 3.8) is 0 Å². The van der Waals surface area contributed by atoms with Crippen molar-refractivity contribution in [3.8, 4) is 5.88 Å². The number of nitrogens with zero attached hydrogens (tertiary/aromatic N) is 2. The van der Waals surface area contributed by atoms with Crippen LogP contribution in [0.2, 0.25) is 0 Å². The van der Waals surface area contributed by atoms with E-state index in [1.54, 1.807) is 12.2 Å². The lowest BCUT2D eigenvalue weighted by atomic mass is 9.80. The van der Waals surface area contributed by atoms with Gasteiger partial charge in [0.05, 0.1) is 16.9 Å². The van der Waals surface area contributed by atoms with Crippen molar-refractivity contribution in [2.45, 2.75) is 70.9 Å². The van der Waals surface area contributed by atoms with Crippen molar-refractivity contribution in [1.82, 2.24) is 9.99 Å². The Morgan fingerprint density at radius 2 is 1.97 bits per heavy atom. The molecule has 3 rings (SSSR count). The van der Waals surface area contributed by atoms with Gasteiger partial charge < -0.3 is 14.0 Å². The molecule has 0 aromatic carbocycles. The summed E-state index contributed by atoms with van der Waals surface area (Å²) < 4.78 is 69.3. The van der Waals surface area contributed by atoms with Crippen LogP contribution >= 0.6 is 11.6 Å². The zero-order valence-electron chi connectivity index (χ0n) is 19.5. The average Bonchev–Trinajstić information content (AvgIpc) is 2.95. The summed E-state index contributed by atoms with van der Waals surface area (Å²) in [4.78, 5) is 3.71. The Morgan fingerprint density at radius 1 is 1.29 bits per heavy atom. The minimum atomic E-state index is -4.64. The van der Waals surface area contributed by atoms with Gasteiger partial charge in [0, 0.05) is 22.4 Å². The van der Waals surface area contributed by atoms with E-state index in [4.69, 9.17) is 26.8 Å². The fourth-order valence-corrected chi connectivity index (χ4v) is 3.83. The summed E-state index contributed by atoms with van der Waals surface area (Å²) in [6, 6.07) is 1.01. The zero-order chi connectivity index (χ0) is 25.5. The Hall–Kier alpha value is -2.08. The van der Waals surface area contributed by atoms with Crippen molar-refractivity contribution in [2.75, 3.05) is 0 Å². The van der Waals surface area contributed by atoms with Crippen LogP contribution in [0.1, 0.15) is 47.5 Å². The molecule has 1 saturated heterocycles. The molecule has 0 amide bonds. The van der Waals surface area contributed by atoms with E-state index in [0.29, 0.717) is 17.9 Å². The normalized spacial score (nSPS) is 24.9. The number of nitrogens with two attached hydrogens (primary N) is 1. The molecule has 1 aromatic heterocycles. The van der Waals surface area contributed by atoms with Crippen LogP contribution in [0.5, 0.6) is 5.88 Å². The molecular weight excluding hydrogens is 477 g/mol. The predicted octanol–water partition coefficient (Wildman–Crippen LogP) is 4.71. The number of allylic oxidation sites excluding steroid dienone is 5. The van der Waals surface area contributed by atoms with Crippen LogP contribution in [-0.2, 0) is 9.31 Å². The second kappa shape index (κ2) is 9.52. The van der Waals surface area contributed by atoms with Crippen molar-refractivity contribution >= 4 is 24.2 Å². The highest BCUT2D eigenvalue weighted by Gasteiger charge is 2.54. The zero-order valence-corrected chi connectivity index (χ0v) is 20.3. The topological polar surface area (TPSA) is 69.8 Å². The summed E-state index contributed by atoms with van der Waals surface area (Å²) in [6.45, 7) is 8.21. The highest BCUT2D eigenvalue weighted by atomic mass is 35.5. The van der Waals surface area contributed by atoms with Crippen molar-refractivity contribution in [2.24, 2.45) is 5.84 Å². The Kier molecular flexibility index (Phi) is 7.43. The third-order valence-electron chi connectivity index (χ3n) is 6.16. The summed E-state index contributed by atoms with van der Waals surface area (Å²) in [5.74, 6) is 4.29. The lowest BCUT2D eigenvalue weighted by molar-refractivity contribution is -0.190. The van der Waals surface area contributed by atoms with Gasteiger partial charge in [-0.1, -0.05) is 17.7 Å². The third kappa shape index (κ3) is 5.59. The number of hydrazine groups is 1. The molecule has 1 fully saturated rings. The van der Waals surface area contributed by atoms with Crippen molar-refractivity contribution in [3.05, 3.63) is 52.7 Å². The molecule has 1 aromatic rings. The number of halogens is 5. The predicted molar refractivity (Wildman–Crippen MR) is 121 cm³/mol. The van der Waals surface area contributed by atoms with E-state index in [1.165, 1.54) is 11.2 Å². The third-order valence-corrected chi connectivity index (χ3v) is 6.38. The lowest BCUT2D eigenvalue weighted by Gasteiger charge is -2.36. The second-order valence-electron chi connectivity index (χ2n) is 9.02. The molecule has 12 heteroatoms. The monoisotopic (exact) mass is 503 g/mol. The van der Waals surface area contributed by atoms with Gasteiger partial charge in [-0.2, -0.15) is 13.2 Å². The number of rotatable bonds is 6. The fraction of sp³-hybridized carbons (Fsp3) is 0.500. The van der Waals surface area contributed by atoms with Gasteiger partial charge >= 0.3 is 13.3 Å². The number of aromatic nitrogens is 1. The molecule has 0 radical (unpaired) electrons. The summed E-state index contributed by atoms with van der Waals surface area (Å²) in [7, 11) is -0.955. The van der Waals surface area contributed by atoms with E-state index in [0.717, 1.165) is 24.4 Å². The summed E-state index contributed by atoms with van der Waals surface area (Å²) in [5.41, 5.74) is 0.257. The van der Waals surface area contributed by atoms with Crippen molar-refractivity contribution in [1.29, 1.82) is 0 Å². The first kappa shape index (κ1) is 26.5. The van der Waals surface area contributed by atoms with E-state index < -0.39 is 42.3 Å². The van der Waals surface area contributed by atoms with Crippen LogP contribution in [0, 0.1) is 5.82 Å². The first-order valence-electron chi connectivity index (χ1n) is 10.7. The Bertz CT molecular complexity index is 1030. The number of pyridine rings is 1. The largest absolute Gasteiger partial charge is 0.496 e. The van der Waals surface area contributed by atoms with Crippen LogP contribution < -0.4 is 16.0 Å². The second-order valence-corrected chi connectivity index (χ2v) is 9.46. The van der Waals surface area contributed by atoms with Gasteiger partial charge in [0.2, 0.25) is 0 Å². The number of hydrogen-bond donors (Lipinski definition) is 1. The molecule has 34 heavy (non-hydrogen) atoms. The highest BCUT2D eigenvalue weighted by molar-refractivity contribution is 6.62. The van der Waals surface area contributed by atoms with Gasteiger partial charge in [-0.3, -0.25) is 5.01 Å². The van der Waals surface area contributed by atoms with E-state index in [1.807, 2.05) is 33.8 Å². The molecule has 186 valence electrons. The number of hydrogen-bond acceptors (Lipinski definition) is 6.